The highest BCUT2D eigenvalue weighted by Gasteiger charge is 2.21. The van der Waals surface area contributed by atoms with Crippen molar-refractivity contribution in [3.63, 3.8) is 0 Å². The second-order valence-corrected chi connectivity index (χ2v) is 8.06. The van der Waals surface area contributed by atoms with Gasteiger partial charge in [0.1, 0.15) is 6.10 Å². The maximum atomic E-state index is 6.22. The number of hydrogen-bond acceptors (Lipinski definition) is 2. The minimum absolute atomic E-state index is 0.0802. The van der Waals surface area contributed by atoms with E-state index in [4.69, 9.17) is 4.74 Å². The van der Waals surface area contributed by atoms with Gasteiger partial charge in [-0.2, -0.15) is 0 Å². The van der Waals surface area contributed by atoms with Gasteiger partial charge in [-0.05, 0) is 38.5 Å². The Balaban J connectivity index is 2.32. The molecule has 2 heteroatoms. The second kappa shape index (κ2) is 13.7. The zero-order chi connectivity index (χ0) is 18.5. The van der Waals surface area contributed by atoms with Crippen molar-refractivity contribution < 1.29 is 4.74 Å². The molecule has 0 N–H and O–H groups in total. The summed E-state index contributed by atoms with van der Waals surface area (Å²) in [6, 6.07) is 0. The van der Waals surface area contributed by atoms with Crippen LogP contribution in [-0.4, -0.2) is 36.7 Å². The van der Waals surface area contributed by atoms with E-state index in [0.717, 1.165) is 18.8 Å². The van der Waals surface area contributed by atoms with E-state index >= 15 is 0 Å². The molecular formula is C23H43NO. The zero-order valence-electron chi connectivity index (χ0n) is 17.7. The molecule has 3 atom stereocenters. The van der Waals surface area contributed by atoms with Crippen molar-refractivity contribution in [2.75, 3.05) is 19.6 Å². The van der Waals surface area contributed by atoms with Gasteiger partial charge in [-0.25, -0.2) is 0 Å². The van der Waals surface area contributed by atoms with Crippen molar-refractivity contribution in [1.82, 2.24) is 4.90 Å². The number of piperidine rings is 1. The Hall–Kier alpha value is -0.520. The molecule has 0 aromatic heterocycles. The Morgan fingerprint density at radius 2 is 1.68 bits per heavy atom. The summed E-state index contributed by atoms with van der Waals surface area (Å²) >= 11 is 0. The Kier molecular flexibility index (Phi) is 12.3. The molecule has 146 valence electrons. The fourth-order valence-corrected chi connectivity index (χ4v) is 3.63. The minimum Gasteiger partial charge on any atom is -0.362 e. The average molecular weight is 350 g/mol. The fraction of sp³-hybridized carbons (Fsp3) is 0.913. The molecule has 0 spiro atoms. The van der Waals surface area contributed by atoms with Crippen LogP contribution >= 0.6 is 0 Å². The molecule has 2 nitrogen and oxygen atoms in total. The zero-order valence-corrected chi connectivity index (χ0v) is 17.7. The molecule has 0 aromatic carbocycles. The first-order chi connectivity index (χ1) is 12.1. The number of unbranched alkanes of at least 4 members (excludes halogenated alkanes) is 2. The van der Waals surface area contributed by atoms with E-state index in [2.05, 4.69) is 51.4 Å². The maximum Gasteiger partial charge on any atom is 0.115 e. The van der Waals surface area contributed by atoms with Gasteiger partial charge in [0.05, 0.1) is 6.10 Å². The lowest BCUT2D eigenvalue weighted by molar-refractivity contribution is -0.0139. The lowest BCUT2D eigenvalue weighted by atomic mass is 9.97. The first-order valence-electron chi connectivity index (χ1n) is 11.0. The highest BCUT2D eigenvalue weighted by molar-refractivity contribution is 5.07. The van der Waals surface area contributed by atoms with Crippen LogP contribution in [0.2, 0.25) is 0 Å². The van der Waals surface area contributed by atoms with Gasteiger partial charge < -0.3 is 9.64 Å². The fourth-order valence-electron chi connectivity index (χ4n) is 3.63. The quantitative estimate of drug-likeness (QED) is 0.340. The summed E-state index contributed by atoms with van der Waals surface area (Å²) < 4.78 is 6.22. The van der Waals surface area contributed by atoms with Crippen LogP contribution in [0.5, 0.6) is 0 Å². The van der Waals surface area contributed by atoms with E-state index in [-0.39, 0.29) is 6.10 Å². The van der Waals surface area contributed by atoms with Crippen LogP contribution in [0.25, 0.3) is 0 Å². The Morgan fingerprint density at radius 3 is 2.28 bits per heavy atom. The predicted octanol–water partition coefficient (Wildman–Crippen LogP) is 5.90. The summed E-state index contributed by atoms with van der Waals surface area (Å²) in [6.45, 7) is 14.9. The number of nitrogens with zero attached hydrogens (tertiary/aromatic N) is 1. The van der Waals surface area contributed by atoms with Crippen LogP contribution in [0.3, 0.4) is 0 Å². The summed E-state index contributed by atoms with van der Waals surface area (Å²) in [5, 5.41) is 0. The first kappa shape index (κ1) is 22.5. The van der Waals surface area contributed by atoms with E-state index in [9.17, 15) is 0 Å². The van der Waals surface area contributed by atoms with Gasteiger partial charge in [-0.3, -0.25) is 0 Å². The number of rotatable bonds is 11. The molecule has 2 unspecified atom stereocenters. The second-order valence-electron chi connectivity index (χ2n) is 8.06. The average Bonchev–Trinajstić information content (AvgIpc) is 2.61. The summed E-state index contributed by atoms with van der Waals surface area (Å²) in [7, 11) is 0. The van der Waals surface area contributed by atoms with Crippen LogP contribution < -0.4 is 0 Å². The van der Waals surface area contributed by atoms with Gasteiger partial charge in [0, 0.05) is 25.6 Å². The molecule has 1 fully saturated rings. The summed E-state index contributed by atoms with van der Waals surface area (Å²) in [5.41, 5.74) is 0. The predicted molar refractivity (Wildman–Crippen MR) is 110 cm³/mol. The molecule has 0 aliphatic carbocycles. The third-order valence-corrected chi connectivity index (χ3v) is 5.48. The van der Waals surface area contributed by atoms with Gasteiger partial charge >= 0.3 is 0 Å². The molecule has 25 heavy (non-hydrogen) atoms. The Labute approximate surface area is 158 Å². The molecule has 0 bridgehead atoms. The highest BCUT2D eigenvalue weighted by atomic mass is 16.5. The van der Waals surface area contributed by atoms with Crippen LogP contribution in [0.15, 0.2) is 0 Å². The summed E-state index contributed by atoms with van der Waals surface area (Å²) in [5.74, 6) is 8.31. The van der Waals surface area contributed by atoms with Crippen LogP contribution in [-0.2, 0) is 4.74 Å². The highest BCUT2D eigenvalue weighted by Crippen LogP contribution is 2.18. The van der Waals surface area contributed by atoms with Crippen molar-refractivity contribution in [1.29, 1.82) is 0 Å². The van der Waals surface area contributed by atoms with Crippen LogP contribution in [0.4, 0.5) is 0 Å². The molecule has 1 aliphatic heterocycles. The summed E-state index contributed by atoms with van der Waals surface area (Å²) in [4.78, 5) is 2.61. The topological polar surface area (TPSA) is 12.5 Å². The molecule has 0 aromatic rings. The van der Waals surface area contributed by atoms with Crippen molar-refractivity contribution >= 4 is 0 Å². The van der Waals surface area contributed by atoms with Crippen LogP contribution in [0.1, 0.15) is 92.4 Å². The third-order valence-electron chi connectivity index (χ3n) is 5.48. The Bertz CT molecular complexity index is 375. The van der Waals surface area contributed by atoms with Gasteiger partial charge in [0.15, 0.2) is 0 Å². The van der Waals surface area contributed by atoms with Crippen molar-refractivity contribution in [3.8, 4) is 11.8 Å². The number of hydrogen-bond donors (Lipinski definition) is 0. The smallest absolute Gasteiger partial charge is 0.115 e. The van der Waals surface area contributed by atoms with Crippen LogP contribution in [0, 0.1) is 23.7 Å². The molecule has 1 saturated heterocycles. The van der Waals surface area contributed by atoms with E-state index in [0.29, 0.717) is 12.0 Å². The molecule has 0 amide bonds. The van der Waals surface area contributed by atoms with Gasteiger partial charge in [-0.1, -0.05) is 71.6 Å². The van der Waals surface area contributed by atoms with E-state index in [1.807, 2.05) is 0 Å². The SMILES string of the molecule is CCCCCC(C#C[C@H](C)OC1CCN(CC(C)CC)CC1)CCC. The van der Waals surface area contributed by atoms with Crippen molar-refractivity contribution in [2.45, 2.75) is 105 Å². The van der Waals surface area contributed by atoms with E-state index < -0.39 is 0 Å². The van der Waals surface area contributed by atoms with E-state index in [1.54, 1.807) is 0 Å². The largest absolute Gasteiger partial charge is 0.362 e. The standard InChI is InChI=1S/C23H43NO/c1-6-9-10-12-22(11-7-2)14-13-21(5)25-23-15-17-24(18-16-23)19-20(4)8-3/h20-23H,6-12,15-19H2,1-5H3/t20?,21-,22?/m0/s1. The minimum atomic E-state index is 0.0802. The lowest BCUT2D eigenvalue weighted by Gasteiger charge is -2.33. The number of ether oxygens (including phenoxy) is 1. The monoisotopic (exact) mass is 349 g/mol. The molecule has 1 rings (SSSR count). The molecule has 1 heterocycles. The maximum absolute atomic E-state index is 6.22. The van der Waals surface area contributed by atoms with Gasteiger partial charge in [0.2, 0.25) is 0 Å². The molecule has 0 radical (unpaired) electrons. The third kappa shape index (κ3) is 10.3. The normalized spacial score (nSPS) is 19.9. The van der Waals surface area contributed by atoms with Gasteiger partial charge in [0.25, 0.3) is 0 Å². The van der Waals surface area contributed by atoms with Crippen molar-refractivity contribution in [3.05, 3.63) is 0 Å². The van der Waals surface area contributed by atoms with E-state index in [1.165, 1.54) is 64.6 Å². The summed E-state index contributed by atoms with van der Waals surface area (Å²) in [6.07, 6.45) is 11.8. The molecular weight excluding hydrogens is 306 g/mol. The first-order valence-corrected chi connectivity index (χ1v) is 11.0. The lowest BCUT2D eigenvalue weighted by Crippen LogP contribution is -2.40. The molecule has 0 saturated carbocycles. The Morgan fingerprint density at radius 1 is 0.960 bits per heavy atom. The van der Waals surface area contributed by atoms with Crippen molar-refractivity contribution in [2.24, 2.45) is 11.8 Å². The van der Waals surface area contributed by atoms with Gasteiger partial charge in [-0.15, -0.1) is 0 Å². The molecule has 1 aliphatic rings. The number of likely N-dealkylation sites (tertiary alicyclic amines) is 1.